The maximum absolute atomic E-state index is 12.2. The molecule has 104 valence electrons. The average molecular weight is 327 g/mol. The zero-order chi connectivity index (χ0) is 14.0. The van der Waals surface area contributed by atoms with Crippen molar-refractivity contribution in [1.82, 2.24) is 5.32 Å². The third-order valence-corrected chi connectivity index (χ3v) is 4.47. The number of hydrogen-bond acceptors (Lipinski definition) is 3. The van der Waals surface area contributed by atoms with Gasteiger partial charge in [-0.05, 0) is 43.9 Å². The van der Waals surface area contributed by atoms with Crippen LogP contribution in [0.3, 0.4) is 0 Å². The minimum absolute atomic E-state index is 0.139. The van der Waals surface area contributed by atoms with Crippen molar-refractivity contribution in [2.24, 2.45) is 0 Å². The third-order valence-electron chi connectivity index (χ3n) is 3.64. The predicted molar refractivity (Wildman–Crippen MR) is 79.3 cm³/mol. The van der Waals surface area contributed by atoms with Crippen LogP contribution in [0.4, 0.5) is 5.69 Å². The van der Waals surface area contributed by atoms with Gasteiger partial charge in [-0.2, -0.15) is 0 Å². The van der Waals surface area contributed by atoms with Gasteiger partial charge >= 0.3 is 0 Å². The Kier molecular flexibility index (Phi) is 4.47. The van der Waals surface area contributed by atoms with Crippen LogP contribution in [0.5, 0.6) is 0 Å². The highest BCUT2D eigenvalue weighted by Crippen LogP contribution is 2.28. The van der Waals surface area contributed by atoms with Crippen LogP contribution >= 0.6 is 15.9 Å². The van der Waals surface area contributed by atoms with Crippen molar-refractivity contribution in [2.75, 3.05) is 18.9 Å². The molecular formula is C14H19BrN2O2. The molecule has 4 nitrogen and oxygen atoms in total. The SMILES string of the molecule is Cc1c(Br)cc(C(=O)NCC2CCCO2)c(N)c1C. The molecule has 0 aromatic heterocycles. The molecule has 1 aromatic carbocycles. The number of hydrogen-bond donors (Lipinski definition) is 2. The summed E-state index contributed by atoms with van der Waals surface area (Å²) in [5.74, 6) is -0.142. The van der Waals surface area contributed by atoms with Crippen molar-refractivity contribution >= 4 is 27.5 Å². The number of carbonyl (C=O) groups is 1. The molecule has 1 fully saturated rings. The maximum atomic E-state index is 12.2. The van der Waals surface area contributed by atoms with E-state index < -0.39 is 0 Å². The quantitative estimate of drug-likeness (QED) is 0.839. The minimum Gasteiger partial charge on any atom is -0.398 e. The Morgan fingerprint density at radius 2 is 2.26 bits per heavy atom. The Labute approximate surface area is 121 Å². The number of nitrogens with one attached hydrogen (secondary N) is 1. The Hall–Kier alpha value is -1.07. The Morgan fingerprint density at radius 3 is 2.89 bits per heavy atom. The lowest BCUT2D eigenvalue weighted by atomic mass is 10.0. The molecule has 1 unspecified atom stereocenters. The Bertz CT molecular complexity index is 497. The first-order valence-corrected chi connectivity index (χ1v) is 7.25. The molecular weight excluding hydrogens is 308 g/mol. The third kappa shape index (κ3) is 3.09. The summed E-state index contributed by atoms with van der Waals surface area (Å²) in [6, 6.07) is 1.78. The van der Waals surface area contributed by atoms with E-state index in [9.17, 15) is 4.79 Å². The molecule has 0 spiro atoms. The molecule has 1 saturated heterocycles. The number of rotatable bonds is 3. The molecule has 1 amide bonds. The smallest absolute Gasteiger partial charge is 0.253 e. The summed E-state index contributed by atoms with van der Waals surface area (Å²) in [6.45, 7) is 5.23. The van der Waals surface area contributed by atoms with E-state index in [-0.39, 0.29) is 12.0 Å². The molecule has 1 aliphatic rings. The number of carbonyl (C=O) groups excluding carboxylic acids is 1. The van der Waals surface area contributed by atoms with Crippen molar-refractivity contribution in [1.29, 1.82) is 0 Å². The molecule has 0 bridgehead atoms. The van der Waals surface area contributed by atoms with E-state index in [1.54, 1.807) is 6.07 Å². The highest BCUT2D eigenvalue weighted by atomic mass is 79.9. The van der Waals surface area contributed by atoms with Gasteiger partial charge < -0.3 is 15.8 Å². The van der Waals surface area contributed by atoms with E-state index >= 15 is 0 Å². The summed E-state index contributed by atoms with van der Waals surface area (Å²) in [5.41, 5.74) is 9.10. The summed E-state index contributed by atoms with van der Waals surface area (Å²) in [4.78, 5) is 12.2. The van der Waals surface area contributed by atoms with Gasteiger partial charge in [0, 0.05) is 23.3 Å². The topological polar surface area (TPSA) is 64.3 Å². The second-order valence-electron chi connectivity index (χ2n) is 4.91. The van der Waals surface area contributed by atoms with E-state index in [1.165, 1.54) is 0 Å². The maximum Gasteiger partial charge on any atom is 0.253 e. The molecule has 0 aliphatic carbocycles. The molecule has 1 heterocycles. The fourth-order valence-electron chi connectivity index (χ4n) is 2.19. The molecule has 19 heavy (non-hydrogen) atoms. The van der Waals surface area contributed by atoms with Gasteiger partial charge in [-0.15, -0.1) is 0 Å². The van der Waals surface area contributed by atoms with E-state index in [2.05, 4.69) is 21.2 Å². The molecule has 0 saturated carbocycles. The number of ether oxygens (including phenoxy) is 1. The zero-order valence-electron chi connectivity index (χ0n) is 11.3. The van der Waals surface area contributed by atoms with Crippen molar-refractivity contribution in [2.45, 2.75) is 32.8 Å². The van der Waals surface area contributed by atoms with Crippen LogP contribution in [0.2, 0.25) is 0 Å². The lowest BCUT2D eigenvalue weighted by molar-refractivity contribution is 0.0858. The van der Waals surface area contributed by atoms with Gasteiger partial charge in [-0.25, -0.2) is 0 Å². The van der Waals surface area contributed by atoms with E-state index in [4.69, 9.17) is 10.5 Å². The van der Waals surface area contributed by atoms with Gasteiger partial charge in [0.25, 0.3) is 5.91 Å². The molecule has 1 aliphatic heterocycles. The van der Waals surface area contributed by atoms with Crippen molar-refractivity contribution in [3.05, 3.63) is 27.2 Å². The number of nitrogens with two attached hydrogens (primary N) is 1. The number of benzene rings is 1. The van der Waals surface area contributed by atoms with E-state index in [1.807, 2.05) is 13.8 Å². The Balaban J connectivity index is 2.10. The fourth-order valence-corrected chi connectivity index (χ4v) is 2.72. The summed E-state index contributed by atoms with van der Waals surface area (Å²) in [7, 11) is 0. The summed E-state index contributed by atoms with van der Waals surface area (Å²) in [5, 5.41) is 2.89. The van der Waals surface area contributed by atoms with Gasteiger partial charge in [0.1, 0.15) is 0 Å². The zero-order valence-corrected chi connectivity index (χ0v) is 12.8. The first kappa shape index (κ1) is 14.3. The number of amides is 1. The largest absolute Gasteiger partial charge is 0.398 e. The summed E-state index contributed by atoms with van der Waals surface area (Å²) in [6.07, 6.45) is 2.21. The average Bonchev–Trinajstić information content (AvgIpc) is 2.91. The van der Waals surface area contributed by atoms with Crippen LogP contribution < -0.4 is 11.1 Å². The van der Waals surface area contributed by atoms with Crippen molar-refractivity contribution in [3.8, 4) is 0 Å². The van der Waals surface area contributed by atoms with Gasteiger partial charge in [0.05, 0.1) is 11.7 Å². The highest BCUT2D eigenvalue weighted by molar-refractivity contribution is 9.10. The second-order valence-corrected chi connectivity index (χ2v) is 5.77. The van der Waals surface area contributed by atoms with Gasteiger partial charge in [-0.3, -0.25) is 4.79 Å². The molecule has 1 aromatic rings. The fraction of sp³-hybridized carbons (Fsp3) is 0.500. The summed E-state index contributed by atoms with van der Waals surface area (Å²) < 4.78 is 6.38. The van der Waals surface area contributed by atoms with Gasteiger partial charge in [0.15, 0.2) is 0 Å². The lowest BCUT2D eigenvalue weighted by Gasteiger charge is -2.15. The first-order valence-electron chi connectivity index (χ1n) is 6.45. The number of nitrogen functional groups attached to an aromatic ring is 1. The van der Waals surface area contributed by atoms with Crippen LogP contribution in [0.15, 0.2) is 10.5 Å². The normalized spacial score (nSPS) is 18.6. The van der Waals surface area contributed by atoms with Crippen LogP contribution in [0.25, 0.3) is 0 Å². The predicted octanol–water partition coefficient (Wildman–Crippen LogP) is 2.56. The molecule has 0 radical (unpaired) electrons. The van der Waals surface area contributed by atoms with E-state index in [0.717, 1.165) is 35.0 Å². The monoisotopic (exact) mass is 326 g/mol. The van der Waals surface area contributed by atoms with Gasteiger partial charge in [-0.1, -0.05) is 15.9 Å². The number of anilines is 1. The van der Waals surface area contributed by atoms with Gasteiger partial charge in [0.2, 0.25) is 0 Å². The Morgan fingerprint density at radius 1 is 1.53 bits per heavy atom. The van der Waals surface area contributed by atoms with E-state index in [0.29, 0.717) is 17.8 Å². The molecule has 1 atom stereocenters. The van der Waals surface area contributed by atoms with Crippen LogP contribution in [0.1, 0.15) is 34.3 Å². The molecule has 2 rings (SSSR count). The minimum atomic E-state index is -0.142. The second kappa shape index (κ2) is 5.92. The standard InChI is InChI=1S/C14H19BrN2O2/c1-8-9(2)13(16)11(6-12(8)15)14(18)17-7-10-4-3-5-19-10/h6,10H,3-5,7,16H2,1-2H3,(H,17,18). The molecule has 5 heteroatoms. The highest BCUT2D eigenvalue weighted by Gasteiger charge is 2.19. The van der Waals surface area contributed by atoms with Crippen LogP contribution in [-0.2, 0) is 4.74 Å². The van der Waals surface area contributed by atoms with Crippen LogP contribution in [-0.4, -0.2) is 25.2 Å². The summed E-state index contributed by atoms with van der Waals surface area (Å²) >= 11 is 3.46. The van der Waals surface area contributed by atoms with Crippen LogP contribution in [0, 0.1) is 13.8 Å². The molecule has 3 N–H and O–H groups in total. The first-order chi connectivity index (χ1) is 9.00. The lowest BCUT2D eigenvalue weighted by Crippen LogP contribution is -2.32. The number of halogens is 1. The van der Waals surface area contributed by atoms with Crippen molar-refractivity contribution < 1.29 is 9.53 Å². The van der Waals surface area contributed by atoms with Crippen molar-refractivity contribution in [3.63, 3.8) is 0 Å².